The molecule has 2 aromatic carbocycles. The molecule has 13 heteroatoms. The largest absolute Gasteiger partial charge is 0.487 e. The van der Waals surface area contributed by atoms with E-state index in [-0.39, 0.29) is 19.1 Å². The molecule has 0 aliphatic rings. The van der Waals surface area contributed by atoms with Crippen molar-refractivity contribution in [2.45, 2.75) is 19.3 Å². The van der Waals surface area contributed by atoms with Gasteiger partial charge in [0.2, 0.25) is 5.91 Å². The van der Waals surface area contributed by atoms with E-state index in [4.69, 9.17) is 20.1 Å². The van der Waals surface area contributed by atoms with Crippen molar-refractivity contribution in [3.63, 3.8) is 0 Å². The predicted octanol–water partition coefficient (Wildman–Crippen LogP) is 1.59. The van der Waals surface area contributed by atoms with Crippen molar-refractivity contribution < 1.29 is 33.4 Å². The van der Waals surface area contributed by atoms with Crippen molar-refractivity contribution in [2.24, 2.45) is 15.9 Å². The van der Waals surface area contributed by atoms with Crippen LogP contribution in [-0.2, 0) is 25.4 Å². The lowest BCUT2D eigenvalue weighted by Gasteiger charge is -2.20. The first-order valence-electron chi connectivity index (χ1n) is 12.0. The summed E-state index contributed by atoms with van der Waals surface area (Å²) in [6, 6.07) is 15.7. The number of hydrazone groups is 1. The highest BCUT2D eigenvalue weighted by Crippen LogP contribution is 2.49. The average molecular weight is 550 g/mol. The molecule has 1 unspecified atom stereocenters. The van der Waals surface area contributed by atoms with Gasteiger partial charge < -0.3 is 35.2 Å². The number of nitrogens with zero attached hydrogens (tertiary/aromatic N) is 2. The summed E-state index contributed by atoms with van der Waals surface area (Å²) in [7, 11) is -4.42. The van der Waals surface area contributed by atoms with Crippen LogP contribution in [0.15, 0.2) is 64.7 Å². The van der Waals surface area contributed by atoms with Crippen molar-refractivity contribution >= 4 is 25.4 Å². The van der Waals surface area contributed by atoms with Gasteiger partial charge in [-0.15, -0.1) is 0 Å². The Balaban J connectivity index is 1.72. The molecule has 1 amide bonds. The molecule has 0 aliphatic carbocycles. The van der Waals surface area contributed by atoms with Gasteiger partial charge in [-0.25, -0.2) is 0 Å². The summed E-state index contributed by atoms with van der Waals surface area (Å²) in [4.78, 5) is 34.5. The van der Waals surface area contributed by atoms with Gasteiger partial charge in [0.25, 0.3) is 0 Å². The van der Waals surface area contributed by atoms with Gasteiger partial charge in [-0.3, -0.25) is 19.7 Å². The monoisotopic (exact) mass is 549 g/mol. The highest BCUT2D eigenvalue weighted by Gasteiger charge is 2.29. The van der Waals surface area contributed by atoms with Crippen molar-refractivity contribution in [1.82, 2.24) is 10.6 Å². The third kappa shape index (κ3) is 12.9. The van der Waals surface area contributed by atoms with Gasteiger partial charge in [0.1, 0.15) is 23.9 Å². The minimum Gasteiger partial charge on any atom is -0.487 e. The molecule has 12 nitrogen and oxygen atoms in total. The number of ether oxygens (including phenoxy) is 3. The fraction of sp³-hybridized carbons (Fsp3) is 0.400. The van der Waals surface area contributed by atoms with Crippen LogP contribution in [0.2, 0.25) is 0 Å². The van der Waals surface area contributed by atoms with E-state index >= 15 is 0 Å². The number of hydrogen-bond donors (Lipinski definition) is 5. The average Bonchev–Trinajstić information content (AvgIpc) is 2.89. The highest BCUT2D eigenvalue weighted by atomic mass is 31.2. The molecule has 2 rings (SSSR count). The van der Waals surface area contributed by atoms with E-state index < -0.39 is 13.4 Å². The van der Waals surface area contributed by atoms with E-state index in [0.717, 1.165) is 5.56 Å². The van der Waals surface area contributed by atoms with Crippen molar-refractivity contribution in [3.05, 3.63) is 65.7 Å². The first-order chi connectivity index (χ1) is 18.3. The smallest absolute Gasteiger partial charge is 0.346 e. The molecule has 208 valence electrons. The van der Waals surface area contributed by atoms with Crippen LogP contribution in [0.1, 0.15) is 23.8 Å². The molecule has 0 fully saturated rings. The zero-order chi connectivity index (χ0) is 27.6. The Morgan fingerprint density at radius 2 is 1.82 bits per heavy atom. The van der Waals surface area contributed by atoms with E-state index in [9.17, 15) is 19.1 Å². The second-order valence-corrected chi connectivity index (χ2v) is 9.78. The van der Waals surface area contributed by atoms with Crippen molar-refractivity contribution in [3.8, 4) is 5.75 Å². The molecule has 0 saturated carbocycles. The third-order valence-corrected chi connectivity index (χ3v) is 6.15. The van der Waals surface area contributed by atoms with Crippen LogP contribution in [0.25, 0.3) is 0 Å². The minimum absolute atomic E-state index is 0.0902. The summed E-state index contributed by atoms with van der Waals surface area (Å²) in [5.41, 5.74) is 1.72. The Labute approximate surface area is 222 Å². The van der Waals surface area contributed by atoms with Crippen LogP contribution in [0, 0.1) is 0 Å². The van der Waals surface area contributed by atoms with Gasteiger partial charge in [0.15, 0.2) is 0 Å². The lowest BCUT2D eigenvalue weighted by atomic mass is 10.2. The number of amides is 1. The van der Waals surface area contributed by atoms with Crippen LogP contribution in [-0.4, -0.2) is 73.7 Å². The van der Waals surface area contributed by atoms with E-state index in [1.54, 1.807) is 48.5 Å². The van der Waals surface area contributed by atoms with Crippen LogP contribution in [0.3, 0.4) is 0 Å². The quantitative estimate of drug-likeness (QED) is 0.0607. The van der Waals surface area contributed by atoms with Gasteiger partial charge >= 0.3 is 7.60 Å². The van der Waals surface area contributed by atoms with Gasteiger partial charge in [-0.2, -0.15) is 5.10 Å². The molecule has 0 aliphatic heterocycles. The summed E-state index contributed by atoms with van der Waals surface area (Å²) in [6.07, 6.45) is 1.52. The first-order valence-corrected chi connectivity index (χ1v) is 13.7. The lowest BCUT2D eigenvalue weighted by Crippen LogP contribution is -2.25. The molecule has 0 radical (unpaired) electrons. The number of benzene rings is 2. The van der Waals surface area contributed by atoms with E-state index in [1.807, 2.05) is 6.07 Å². The Morgan fingerprint density at radius 1 is 1.08 bits per heavy atom. The Bertz CT molecular complexity index is 1080. The van der Waals surface area contributed by atoms with Gasteiger partial charge in [-0.05, 0) is 23.3 Å². The number of aliphatic imine (C=N–C) groups is 1. The predicted molar refractivity (Wildman–Crippen MR) is 145 cm³/mol. The third-order valence-electron chi connectivity index (χ3n) is 5.00. The summed E-state index contributed by atoms with van der Waals surface area (Å²) in [5.74, 6) is 4.78. The van der Waals surface area contributed by atoms with Gasteiger partial charge in [-0.1, -0.05) is 42.5 Å². The number of carbonyl (C=O) groups is 1. The maximum atomic E-state index is 12.0. The summed E-state index contributed by atoms with van der Waals surface area (Å²) >= 11 is 0. The number of rotatable bonds is 18. The van der Waals surface area contributed by atoms with Crippen molar-refractivity contribution in [1.29, 1.82) is 0 Å². The van der Waals surface area contributed by atoms with Gasteiger partial charge in [0, 0.05) is 26.2 Å². The zero-order valence-electron chi connectivity index (χ0n) is 21.4. The Kier molecular flexibility index (Phi) is 14.2. The molecule has 1 atom stereocenters. The molecule has 0 saturated heterocycles. The molecule has 0 aromatic heterocycles. The Morgan fingerprint density at radius 3 is 2.50 bits per heavy atom. The number of carbonyl (C=O) groups excluding carboxylic acids is 1. The SMILES string of the molecule is CC(=O)NCCOCCOCCN=C/C(COc1cccc(CNC(c2ccccc2)P(=O)(O)O)c1)=N\N. The summed E-state index contributed by atoms with van der Waals surface area (Å²) in [6.45, 7) is 4.32. The van der Waals surface area contributed by atoms with E-state index in [2.05, 4.69) is 20.7 Å². The maximum Gasteiger partial charge on any atom is 0.346 e. The molecule has 38 heavy (non-hydrogen) atoms. The second kappa shape index (κ2) is 17.4. The molecular formula is C25H36N5O7P. The zero-order valence-corrected chi connectivity index (χ0v) is 22.3. The highest BCUT2D eigenvalue weighted by molar-refractivity contribution is 7.52. The molecule has 2 aromatic rings. The maximum absolute atomic E-state index is 12.0. The molecule has 0 spiro atoms. The number of hydrogen-bond acceptors (Lipinski definition) is 9. The topological polar surface area (TPSA) is 177 Å². The number of nitrogens with one attached hydrogen (secondary N) is 2. The molecule has 6 N–H and O–H groups in total. The summed E-state index contributed by atoms with van der Waals surface area (Å²) < 4.78 is 28.5. The van der Waals surface area contributed by atoms with Crippen LogP contribution >= 0.6 is 7.60 Å². The first kappa shape index (κ1) is 31.1. The second-order valence-electron chi connectivity index (χ2n) is 8.08. The van der Waals surface area contributed by atoms with Crippen molar-refractivity contribution in [2.75, 3.05) is 46.1 Å². The fourth-order valence-electron chi connectivity index (χ4n) is 3.20. The molecule has 0 bridgehead atoms. The lowest BCUT2D eigenvalue weighted by molar-refractivity contribution is -0.119. The summed E-state index contributed by atoms with van der Waals surface area (Å²) in [5, 5.41) is 9.27. The van der Waals surface area contributed by atoms with Crippen LogP contribution < -0.4 is 21.2 Å². The Hall–Kier alpha value is -3.12. The molecule has 0 heterocycles. The normalized spacial score (nSPS) is 13.0. The van der Waals surface area contributed by atoms with Gasteiger partial charge in [0.05, 0.1) is 33.0 Å². The van der Waals surface area contributed by atoms with Crippen LogP contribution in [0.5, 0.6) is 5.75 Å². The van der Waals surface area contributed by atoms with E-state index in [1.165, 1.54) is 13.1 Å². The van der Waals surface area contributed by atoms with E-state index in [0.29, 0.717) is 56.5 Å². The minimum atomic E-state index is -4.42. The fourth-order valence-corrected chi connectivity index (χ4v) is 4.09. The number of nitrogens with two attached hydrogens (primary N) is 1. The standard InChI is InChI=1S/C25H36N5O7P/c1-20(31)28-11-13-36-15-14-35-12-10-27-18-23(30-26)19-37-24-9-5-6-21(16-24)17-29-25(38(32,33)34)22-7-3-2-4-8-22/h2-9,16,18,25,29H,10-15,17,19,26H2,1H3,(H,28,31)(H2,32,33,34)/b27-18?,30-23+. The molecular weight excluding hydrogens is 513 g/mol. The van der Waals surface area contributed by atoms with Crippen LogP contribution in [0.4, 0.5) is 0 Å².